The Labute approximate surface area is 161 Å². The minimum Gasteiger partial charge on any atom is -0.359 e. The van der Waals surface area contributed by atoms with Crippen LogP contribution in [0.25, 0.3) is 16.9 Å². The minimum atomic E-state index is -1.86. The van der Waals surface area contributed by atoms with Crippen molar-refractivity contribution < 1.29 is 13.6 Å². The van der Waals surface area contributed by atoms with Gasteiger partial charge in [-0.25, -0.2) is 4.21 Å². The number of hydrogen-bond donors (Lipinski definition) is 2. The molecule has 140 valence electrons. The summed E-state index contributed by atoms with van der Waals surface area (Å²) in [7, 11) is 1.64. The van der Waals surface area contributed by atoms with E-state index in [-0.39, 0.29) is 11.7 Å². The zero-order valence-corrected chi connectivity index (χ0v) is 16.1. The number of nitrogens with zero attached hydrogens (tertiary/aromatic N) is 1. The highest BCUT2D eigenvalue weighted by Gasteiger charge is 2.16. The maximum absolute atomic E-state index is 11.9. The van der Waals surface area contributed by atoms with E-state index in [0.717, 1.165) is 33.8 Å². The lowest BCUT2D eigenvalue weighted by Gasteiger charge is -2.13. The Morgan fingerprint density at radius 1 is 1.11 bits per heavy atom. The maximum Gasteiger partial charge on any atom is 0.224 e. The first-order valence-corrected chi connectivity index (χ1v) is 9.91. The topological polar surface area (TPSA) is 71.3 Å². The largest absolute Gasteiger partial charge is 0.359 e. The smallest absolute Gasteiger partial charge is 0.224 e. The van der Waals surface area contributed by atoms with E-state index >= 15 is 0 Å². The van der Waals surface area contributed by atoms with Crippen molar-refractivity contribution >= 4 is 17.0 Å². The van der Waals surface area contributed by atoms with Crippen LogP contribution in [0.15, 0.2) is 60.7 Å². The minimum absolute atomic E-state index is 0.0318. The van der Waals surface area contributed by atoms with Crippen molar-refractivity contribution in [3.8, 4) is 16.9 Å². The van der Waals surface area contributed by atoms with E-state index in [2.05, 4.69) is 9.88 Å². The van der Waals surface area contributed by atoms with Crippen molar-refractivity contribution in [3.05, 3.63) is 77.5 Å². The van der Waals surface area contributed by atoms with E-state index in [4.69, 9.17) is 4.55 Å². The molecule has 0 radical (unpaired) electrons. The van der Waals surface area contributed by atoms with E-state index in [0.29, 0.717) is 6.42 Å². The van der Waals surface area contributed by atoms with Gasteiger partial charge in [0.15, 0.2) is 11.1 Å². The van der Waals surface area contributed by atoms with Crippen molar-refractivity contribution in [2.45, 2.75) is 19.1 Å². The molecular weight excluding hydrogens is 360 g/mol. The van der Waals surface area contributed by atoms with Crippen LogP contribution in [-0.4, -0.2) is 26.3 Å². The Morgan fingerprint density at radius 2 is 1.78 bits per heavy atom. The van der Waals surface area contributed by atoms with Gasteiger partial charge in [0.2, 0.25) is 5.91 Å². The number of likely N-dealkylation sites (N-methyl/N-ethyl adjacent to an activating group) is 1. The summed E-state index contributed by atoms with van der Waals surface area (Å²) >= 11 is -1.86. The molecular formula is C21H22N2O3S. The molecule has 1 heterocycles. The highest BCUT2D eigenvalue weighted by Crippen LogP contribution is 2.30. The Bertz CT molecular complexity index is 963. The van der Waals surface area contributed by atoms with Gasteiger partial charge < -0.3 is 14.4 Å². The van der Waals surface area contributed by atoms with Crippen LogP contribution in [-0.2, 0) is 28.0 Å². The number of hydrogen-bond acceptors (Lipinski definition) is 2. The van der Waals surface area contributed by atoms with Gasteiger partial charge >= 0.3 is 0 Å². The first-order valence-electron chi connectivity index (χ1n) is 8.63. The molecule has 0 bridgehead atoms. The maximum atomic E-state index is 11.9. The number of carbonyl (C=O) groups is 1. The Hall–Kier alpha value is -2.70. The molecule has 1 unspecified atom stereocenters. The molecule has 0 saturated carbocycles. The van der Waals surface area contributed by atoms with Gasteiger partial charge in [0.1, 0.15) is 0 Å². The van der Waals surface area contributed by atoms with E-state index in [1.807, 2.05) is 67.6 Å². The van der Waals surface area contributed by atoms with E-state index in [9.17, 15) is 9.00 Å². The van der Waals surface area contributed by atoms with Crippen LogP contribution in [0.1, 0.15) is 16.8 Å². The predicted molar refractivity (Wildman–Crippen MR) is 108 cm³/mol. The summed E-state index contributed by atoms with van der Waals surface area (Å²) < 4.78 is 22.2. The van der Waals surface area contributed by atoms with Crippen LogP contribution in [0.3, 0.4) is 0 Å². The molecule has 0 aliphatic rings. The monoisotopic (exact) mass is 382 g/mol. The third-order valence-electron chi connectivity index (χ3n) is 4.54. The molecule has 1 atom stereocenters. The highest BCUT2D eigenvalue weighted by atomic mass is 32.2. The molecule has 0 saturated heterocycles. The lowest BCUT2D eigenvalue weighted by atomic mass is 10.1. The molecule has 0 spiro atoms. The number of nitrogens with one attached hydrogen (secondary N) is 1. The number of rotatable bonds is 6. The number of aromatic nitrogens is 1. The van der Waals surface area contributed by atoms with E-state index < -0.39 is 11.1 Å². The SMILES string of the molecule is CNC(=O)Cc1cc(-c2ccc(CS(=O)O)cc2)n(-c2ccccc2)c1C. The molecule has 1 aromatic heterocycles. The second-order valence-electron chi connectivity index (χ2n) is 6.32. The normalized spacial score (nSPS) is 12.0. The third kappa shape index (κ3) is 4.35. The van der Waals surface area contributed by atoms with Gasteiger partial charge in [-0.15, -0.1) is 0 Å². The molecule has 2 N–H and O–H groups in total. The van der Waals surface area contributed by atoms with Crippen LogP contribution in [0.4, 0.5) is 0 Å². The third-order valence-corrected chi connectivity index (χ3v) is 5.12. The summed E-state index contributed by atoms with van der Waals surface area (Å²) in [5.74, 6) is 0.0802. The lowest BCUT2D eigenvalue weighted by Crippen LogP contribution is -2.20. The van der Waals surface area contributed by atoms with Gasteiger partial charge in [-0.3, -0.25) is 4.79 Å². The average molecular weight is 382 g/mol. The summed E-state index contributed by atoms with van der Waals surface area (Å²) in [5.41, 5.74) is 5.77. The fraction of sp³-hybridized carbons (Fsp3) is 0.190. The highest BCUT2D eigenvalue weighted by molar-refractivity contribution is 7.78. The fourth-order valence-corrected chi connectivity index (χ4v) is 3.61. The summed E-state index contributed by atoms with van der Waals surface area (Å²) in [6.45, 7) is 2.01. The molecule has 0 fully saturated rings. The molecule has 5 nitrogen and oxygen atoms in total. The summed E-state index contributed by atoms with van der Waals surface area (Å²) in [6.07, 6.45) is 0.316. The number of amides is 1. The Balaban J connectivity index is 2.09. The van der Waals surface area contributed by atoms with Crippen LogP contribution in [0.5, 0.6) is 0 Å². The summed E-state index contributed by atoms with van der Waals surface area (Å²) in [5, 5.41) is 2.67. The molecule has 3 aromatic rings. The van der Waals surface area contributed by atoms with Gasteiger partial charge in [-0.1, -0.05) is 42.5 Å². The number of para-hydroxylation sites is 1. The standard InChI is InChI=1S/C21H22N2O3S/c1-15-18(13-21(24)22-2)12-20(23(15)19-6-4-3-5-7-19)17-10-8-16(9-11-17)14-27(25)26/h3-12H,13-14H2,1-2H3,(H,22,24)(H,25,26). The van der Waals surface area contributed by atoms with Crippen molar-refractivity contribution in [1.82, 2.24) is 9.88 Å². The van der Waals surface area contributed by atoms with Crippen LogP contribution in [0.2, 0.25) is 0 Å². The predicted octanol–water partition coefficient (Wildman–Crippen LogP) is 3.46. The molecule has 6 heteroatoms. The first kappa shape index (κ1) is 19.1. The zero-order valence-electron chi connectivity index (χ0n) is 15.3. The summed E-state index contributed by atoms with van der Waals surface area (Å²) in [4.78, 5) is 11.9. The molecule has 3 rings (SSSR count). The van der Waals surface area contributed by atoms with Crippen molar-refractivity contribution in [2.24, 2.45) is 0 Å². The zero-order chi connectivity index (χ0) is 19.4. The lowest BCUT2D eigenvalue weighted by molar-refractivity contribution is -0.119. The Kier molecular flexibility index (Phi) is 5.88. The number of benzene rings is 2. The molecule has 1 amide bonds. The average Bonchev–Trinajstić information content (AvgIpc) is 2.98. The van der Waals surface area contributed by atoms with Gasteiger partial charge in [-0.2, -0.15) is 0 Å². The van der Waals surface area contributed by atoms with Crippen molar-refractivity contribution in [2.75, 3.05) is 7.05 Å². The van der Waals surface area contributed by atoms with Gasteiger partial charge in [0, 0.05) is 18.4 Å². The van der Waals surface area contributed by atoms with Gasteiger partial charge in [0.05, 0.1) is 17.9 Å². The van der Waals surface area contributed by atoms with E-state index in [1.54, 1.807) is 7.05 Å². The molecule has 0 aliphatic carbocycles. The van der Waals surface area contributed by atoms with Crippen LogP contribution >= 0.6 is 0 Å². The molecule has 2 aromatic carbocycles. The van der Waals surface area contributed by atoms with Crippen LogP contribution in [0, 0.1) is 6.92 Å². The Morgan fingerprint density at radius 3 is 2.37 bits per heavy atom. The first-order chi connectivity index (χ1) is 13.0. The van der Waals surface area contributed by atoms with Crippen molar-refractivity contribution in [3.63, 3.8) is 0 Å². The molecule has 0 aliphatic heterocycles. The van der Waals surface area contributed by atoms with Crippen LogP contribution < -0.4 is 5.32 Å². The van der Waals surface area contributed by atoms with Crippen molar-refractivity contribution in [1.29, 1.82) is 0 Å². The van der Waals surface area contributed by atoms with Gasteiger partial charge in [0.25, 0.3) is 0 Å². The molecule has 27 heavy (non-hydrogen) atoms. The van der Waals surface area contributed by atoms with E-state index in [1.165, 1.54) is 0 Å². The number of carbonyl (C=O) groups excluding carboxylic acids is 1. The fourth-order valence-electron chi connectivity index (χ4n) is 3.14. The summed E-state index contributed by atoms with van der Waals surface area (Å²) in [6, 6.07) is 19.6. The second-order valence-corrected chi connectivity index (χ2v) is 7.26. The second kappa shape index (κ2) is 8.33. The van der Waals surface area contributed by atoms with Gasteiger partial charge in [-0.05, 0) is 41.8 Å². The quantitative estimate of drug-likeness (QED) is 0.642.